The second kappa shape index (κ2) is 12.7. The van der Waals surface area contributed by atoms with E-state index in [2.05, 4.69) is 12.2 Å². The van der Waals surface area contributed by atoms with Crippen molar-refractivity contribution in [2.45, 2.75) is 87.6 Å². The van der Waals surface area contributed by atoms with Crippen molar-refractivity contribution < 1.29 is 30.0 Å². The van der Waals surface area contributed by atoms with Gasteiger partial charge >= 0.3 is 0 Å². The van der Waals surface area contributed by atoms with Crippen molar-refractivity contribution in [3.63, 3.8) is 0 Å². The van der Waals surface area contributed by atoms with Gasteiger partial charge in [-0.2, -0.15) is 0 Å². The Morgan fingerprint density at radius 2 is 1.91 bits per heavy atom. The number of likely N-dealkylation sites (N-methyl/N-ethyl adjacent to an activating group) is 1. The van der Waals surface area contributed by atoms with Crippen LogP contribution in [-0.4, -0.2) is 98.6 Å². The minimum Gasteiger partial charge on any atom is -0.391 e. The summed E-state index contributed by atoms with van der Waals surface area (Å²) in [5.41, 5.74) is 0.349. The topological polar surface area (TPSA) is 122 Å². The van der Waals surface area contributed by atoms with Gasteiger partial charge in [-0.15, -0.1) is 11.8 Å². The van der Waals surface area contributed by atoms with Gasteiger partial charge in [0.1, 0.15) is 29.9 Å². The molecule has 0 bridgehead atoms. The highest BCUT2D eigenvalue weighted by molar-refractivity contribution is 7.99. The zero-order chi connectivity index (χ0) is 24.8. The number of hydrogen-bond donors (Lipinski definition) is 5. The van der Waals surface area contributed by atoms with Crippen LogP contribution in [0, 0.1) is 5.92 Å². The third kappa shape index (κ3) is 6.72. The SMILES string of the molecule is CCC[C@@H]1C[C@@H](C(=O)N[C@@H]([C@H]2O[C@H](SCCc3ccccc3)[C@H](O)[C@@H](O)[C@H]2O)[C@@H](C)O)N(C)C1. The maximum absolute atomic E-state index is 13.1. The molecule has 192 valence electrons. The molecule has 3 rings (SSSR count). The lowest BCUT2D eigenvalue weighted by atomic mass is 9.92. The highest BCUT2D eigenvalue weighted by Gasteiger charge is 2.48. The standard InChI is InChI=1S/C25H40N2O6S/c1-4-8-17-13-18(27(3)14-17)24(32)26-19(15(2)28)23-21(30)20(29)22(31)25(33-23)34-12-11-16-9-6-5-7-10-16/h5-7,9-10,15,17-23,25,28-31H,4,8,11-14H2,1-3H3,(H,26,32)/t15-,17-,18+,19-,20+,21-,22-,23-,25-/m1/s1. The van der Waals surface area contributed by atoms with Crippen LogP contribution in [0.1, 0.15) is 38.7 Å². The predicted octanol–water partition coefficient (Wildman–Crippen LogP) is 0.756. The van der Waals surface area contributed by atoms with Gasteiger partial charge in [0.2, 0.25) is 5.91 Å². The molecule has 9 atom stereocenters. The summed E-state index contributed by atoms with van der Waals surface area (Å²) >= 11 is 1.34. The van der Waals surface area contributed by atoms with Crippen molar-refractivity contribution in [2.24, 2.45) is 5.92 Å². The smallest absolute Gasteiger partial charge is 0.237 e. The molecule has 0 unspecified atom stereocenters. The number of ether oxygens (including phenoxy) is 1. The predicted molar refractivity (Wildman–Crippen MR) is 132 cm³/mol. The van der Waals surface area contributed by atoms with Gasteiger partial charge in [0.05, 0.1) is 18.2 Å². The summed E-state index contributed by atoms with van der Waals surface area (Å²) in [5, 5.41) is 45.0. The minimum absolute atomic E-state index is 0.225. The highest BCUT2D eigenvalue weighted by atomic mass is 32.2. The van der Waals surface area contributed by atoms with Crippen LogP contribution in [0.4, 0.5) is 0 Å². The van der Waals surface area contributed by atoms with E-state index in [1.807, 2.05) is 42.3 Å². The van der Waals surface area contributed by atoms with Crippen LogP contribution in [0.2, 0.25) is 0 Å². The normalized spacial score (nSPS) is 34.0. The molecule has 1 aromatic rings. The van der Waals surface area contributed by atoms with Crippen molar-refractivity contribution in [3.8, 4) is 0 Å². The van der Waals surface area contributed by atoms with E-state index >= 15 is 0 Å². The first-order valence-corrected chi connectivity index (χ1v) is 13.3. The van der Waals surface area contributed by atoms with E-state index in [0.29, 0.717) is 11.7 Å². The lowest BCUT2D eigenvalue weighted by molar-refractivity contribution is -0.211. The monoisotopic (exact) mass is 496 g/mol. The number of amides is 1. The summed E-state index contributed by atoms with van der Waals surface area (Å²) in [6.45, 7) is 4.50. The molecule has 1 aromatic carbocycles. The van der Waals surface area contributed by atoms with Gasteiger partial charge in [0.25, 0.3) is 0 Å². The van der Waals surface area contributed by atoms with Crippen LogP contribution in [0.5, 0.6) is 0 Å². The van der Waals surface area contributed by atoms with Gasteiger partial charge in [-0.05, 0) is 50.5 Å². The third-order valence-corrected chi connectivity index (χ3v) is 8.10. The second-order valence-electron chi connectivity index (χ2n) is 9.67. The maximum Gasteiger partial charge on any atom is 0.237 e. The van der Waals surface area contributed by atoms with Crippen LogP contribution in [0.3, 0.4) is 0 Å². The number of hydrogen-bond acceptors (Lipinski definition) is 8. The Morgan fingerprint density at radius 1 is 1.21 bits per heavy atom. The lowest BCUT2D eigenvalue weighted by Crippen LogP contribution is -2.65. The quantitative estimate of drug-likeness (QED) is 0.322. The molecule has 0 aromatic heterocycles. The Morgan fingerprint density at radius 3 is 2.56 bits per heavy atom. The number of benzene rings is 1. The fourth-order valence-corrected chi connectivity index (χ4v) is 6.16. The van der Waals surface area contributed by atoms with E-state index in [1.54, 1.807) is 0 Å². The summed E-state index contributed by atoms with van der Waals surface area (Å²) < 4.78 is 6.01. The number of aryl methyl sites for hydroxylation is 1. The van der Waals surface area contributed by atoms with Crippen LogP contribution >= 0.6 is 11.8 Å². The van der Waals surface area contributed by atoms with Gasteiger partial charge in [-0.3, -0.25) is 9.69 Å². The molecule has 1 amide bonds. The van der Waals surface area contributed by atoms with E-state index < -0.39 is 42.0 Å². The fraction of sp³-hybridized carbons (Fsp3) is 0.720. The minimum atomic E-state index is -1.45. The number of thioether (sulfide) groups is 1. The average molecular weight is 497 g/mol. The maximum atomic E-state index is 13.1. The molecule has 2 fully saturated rings. The summed E-state index contributed by atoms with van der Waals surface area (Å²) in [6.07, 6.45) is -2.65. The molecule has 2 aliphatic heterocycles. The van der Waals surface area contributed by atoms with E-state index in [1.165, 1.54) is 18.7 Å². The molecule has 0 spiro atoms. The summed E-state index contributed by atoms with van der Waals surface area (Å²) in [4.78, 5) is 15.1. The summed E-state index contributed by atoms with van der Waals surface area (Å²) in [7, 11) is 1.92. The molecule has 0 saturated carbocycles. The van der Waals surface area contributed by atoms with Crippen molar-refractivity contribution in [3.05, 3.63) is 35.9 Å². The molecule has 2 saturated heterocycles. The first kappa shape index (κ1) is 27.4. The molecular formula is C25H40N2O6S. The first-order valence-electron chi connectivity index (χ1n) is 12.3. The van der Waals surface area contributed by atoms with Crippen LogP contribution in [-0.2, 0) is 16.0 Å². The zero-order valence-corrected chi connectivity index (χ0v) is 21.1. The van der Waals surface area contributed by atoms with Gasteiger partial charge in [-0.1, -0.05) is 43.7 Å². The van der Waals surface area contributed by atoms with Crippen LogP contribution in [0.15, 0.2) is 30.3 Å². The number of carbonyl (C=O) groups is 1. The molecule has 8 nitrogen and oxygen atoms in total. The van der Waals surface area contributed by atoms with Crippen molar-refractivity contribution in [1.82, 2.24) is 10.2 Å². The molecule has 2 heterocycles. The molecule has 9 heteroatoms. The Balaban J connectivity index is 1.65. The zero-order valence-electron chi connectivity index (χ0n) is 20.3. The third-order valence-electron chi connectivity index (χ3n) is 6.94. The van der Waals surface area contributed by atoms with E-state index in [9.17, 15) is 25.2 Å². The molecule has 5 N–H and O–H groups in total. The summed E-state index contributed by atoms with van der Waals surface area (Å²) in [5.74, 6) is 0.866. The van der Waals surface area contributed by atoms with E-state index in [4.69, 9.17) is 4.74 Å². The number of likely N-dealkylation sites (tertiary alicyclic amines) is 1. The Kier molecular flexibility index (Phi) is 10.2. The first-order chi connectivity index (χ1) is 16.2. The van der Waals surface area contributed by atoms with E-state index in [0.717, 1.165) is 37.8 Å². The Hall–Kier alpha value is -1.20. The molecule has 2 aliphatic rings. The number of carbonyl (C=O) groups excluding carboxylic acids is 1. The average Bonchev–Trinajstić information content (AvgIpc) is 3.18. The highest BCUT2D eigenvalue weighted by Crippen LogP contribution is 2.32. The number of aliphatic hydroxyl groups excluding tert-OH is 4. The molecule has 0 aliphatic carbocycles. The van der Waals surface area contributed by atoms with Gasteiger partial charge in [0.15, 0.2) is 0 Å². The van der Waals surface area contributed by atoms with Gasteiger partial charge < -0.3 is 30.5 Å². The van der Waals surface area contributed by atoms with E-state index in [-0.39, 0.29) is 11.9 Å². The molecule has 34 heavy (non-hydrogen) atoms. The largest absolute Gasteiger partial charge is 0.391 e. The summed E-state index contributed by atoms with van der Waals surface area (Å²) in [6, 6.07) is 8.67. The molecular weight excluding hydrogens is 456 g/mol. The number of nitrogens with one attached hydrogen (secondary N) is 1. The fourth-order valence-electron chi connectivity index (χ4n) is 5.01. The van der Waals surface area contributed by atoms with Crippen LogP contribution in [0.25, 0.3) is 0 Å². The Bertz CT molecular complexity index is 769. The number of aliphatic hydroxyl groups is 4. The second-order valence-corrected chi connectivity index (χ2v) is 10.9. The molecule has 0 radical (unpaired) electrons. The lowest BCUT2D eigenvalue weighted by Gasteiger charge is -2.44. The van der Waals surface area contributed by atoms with Crippen molar-refractivity contribution in [2.75, 3.05) is 19.3 Å². The van der Waals surface area contributed by atoms with Crippen LogP contribution < -0.4 is 5.32 Å². The number of nitrogens with zero attached hydrogens (tertiary/aromatic N) is 1. The van der Waals surface area contributed by atoms with Crippen molar-refractivity contribution >= 4 is 17.7 Å². The number of rotatable bonds is 10. The Labute approximate surface area is 206 Å². The van der Waals surface area contributed by atoms with Crippen molar-refractivity contribution in [1.29, 1.82) is 0 Å². The van der Waals surface area contributed by atoms with Gasteiger partial charge in [0, 0.05) is 6.54 Å². The van der Waals surface area contributed by atoms with Gasteiger partial charge in [-0.25, -0.2) is 0 Å².